The van der Waals surface area contributed by atoms with E-state index in [1.807, 2.05) is 4.90 Å². The fourth-order valence-electron chi connectivity index (χ4n) is 6.49. The SMILES string of the molecule is COC1CNC(Cl)CC1C1CC(C)NCC1C(=O)NC1NC2CN(C(=O)C3CC(O)C3)CC2S1. The highest BCUT2D eigenvalue weighted by Crippen LogP contribution is 2.39. The number of alkyl halides is 1. The van der Waals surface area contributed by atoms with Crippen LogP contribution in [0.3, 0.4) is 0 Å². The number of rotatable bonds is 5. The number of nitrogens with one attached hydrogen (secondary N) is 4. The van der Waals surface area contributed by atoms with Crippen LogP contribution in [0.2, 0.25) is 0 Å². The first-order chi connectivity index (χ1) is 16.3. The van der Waals surface area contributed by atoms with E-state index in [9.17, 15) is 14.7 Å². The topological polar surface area (TPSA) is 115 Å². The summed E-state index contributed by atoms with van der Waals surface area (Å²) in [5, 5.41) is 23.3. The molecule has 9 nitrogen and oxygen atoms in total. The van der Waals surface area contributed by atoms with E-state index < -0.39 is 0 Å². The molecule has 0 bridgehead atoms. The molecular weight excluding hydrogens is 478 g/mol. The minimum atomic E-state index is -0.316. The van der Waals surface area contributed by atoms with Crippen molar-refractivity contribution in [3.05, 3.63) is 0 Å². The Morgan fingerprint density at radius 2 is 1.91 bits per heavy atom. The van der Waals surface area contributed by atoms with Gasteiger partial charge in [0.15, 0.2) is 0 Å². The zero-order valence-electron chi connectivity index (χ0n) is 19.9. The minimum Gasteiger partial charge on any atom is -0.393 e. The normalized spacial score (nSPS) is 46.6. The average Bonchev–Trinajstić information content (AvgIpc) is 3.35. The third-order valence-corrected chi connectivity index (χ3v) is 10.2. The quantitative estimate of drug-likeness (QED) is 0.254. The lowest BCUT2D eigenvalue weighted by molar-refractivity contribution is -0.141. The fraction of sp³-hybridized carbons (Fsp3) is 0.913. The van der Waals surface area contributed by atoms with Gasteiger partial charge >= 0.3 is 0 Å². The van der Waals surface area contributed by atoms with Crippen LogP contribution in [0.4, 0.5) is 0 Å². The summed E-state index contributed by atoms with van der Waals surface area (Å²) >= 11 is 8.16. The Balaban J connectivity index is 1.17. The van der Waals surface area contributed by atoms with Crippen LogP contribution in [0.25, 0.3) is 0 Å². The van der Waals surface area contributed by atoms with Gasteiger partial charge in [0.05, 0.1) is 23.6 Å². The maximum Gasteiger partial charge on any atom is 0.226 e. The van der Waals surface area contributed by atoms with Gasteiger partial charge in [-0.1, -0.05) is 0 Å². The Hall–Kier alpha value is -0.620. The molecule has 4 heterocycles. The summed E-state index contributed by atoms with van der Waals surface area (Å²) < 4.78 is 5.78. The molecule has 4 aliphatic heterocycles. The van der Waals surface area contributed by atoms with Crippen molar-refractivity contribution in [3.8, 4) is 0 Å². The van der Waals surface area contributed by atoms with Gasteiger partial charge in [-0.25, -0.2) is 0 Å². The average molecular weight is 516 g/mol. The van der Waals surface area contributed by atoms with Gasteiger partial charge < -0.3 is 25.4 Å². The second-order valence-electron chi connectivity index (χ2n) is 10.8. The molecule has 2 amide bonds. The van der Waals surface area contributed by atoms with Gasteiger partial charge in [-0.05, 0) is 44.4 Å². The number of amides is 2. The maximum atomic E-state index is 13.5. The molecule has 0 aromatic carbocycles. The van der Waals surface area contributed by atoms with Crippen molar-refractivity contribution in [1.29, 1.82) is 0 Å². The molecule has 0 aromatic heterocycles. The number of thioether (sulfide) groups is 1. The number of halogens is 1. The van der Waals surface area contributed by atoms with E-state index in [1.165, 1.54) is 0 Å². The highest BCUT2D eigenvalue weighted by atomic mass is 35.5. The molecule has 9 unspecified atom stereocenters. The number of hydrogen-bond donors (Lipinski definition) is 5. The van der Waals surface area contributed by atoms with Crippen LogP contribution in [0.1, 0.15) is 32.6 Å². The number of aliphatic hydroxyl groups is 1. The molecule has 5 aliphatic rings. The number of hydrogen-bond acceptors (Lipinski definition) is 8. The maximum absolute atomic E-state index is 13.5. The van der Waals surface area contributed by atoms with E-state index in [2.05, 4.69) is 28.2 Å². The smallest absolute Gasteiger partial charge is 0.226 e. The second-order valence-corrected chi connectivity index (χ2v) is 12.6. The van der Waals surface area contributed by atoms with Crippen LogP contribution in [-0.2, 0) is 14.3 Å². The number of methoxy groups -OCH3 is 1. The highest BCUT2D eigenvalue weighted by Gasteiger charge is 2.48. The van der Waals surface area contributed by atoms with Crippen molar-refractivity contribution in [2.45, 2.75) is 73.1 Å². The number of ether oxygens (including phenoxy) is 1. The summed E-state index contributed by atoms with van der Waals surface area (Å²) in [7, 11) is 1.74. The second kappa shape index (κ2) is 10.4. The van der Waals surface area contributed by atoms with Crippen molar-refractivity contribution in [2.24, 2.45) is 23.7 Å². The van der Waals surface area contributed by atoms with E-state index in [-0.39, 0.29) is 70.0 Å². The standard InChI is InChI=1S/C23H38ClN5O4S/c1-11-3-14(15-6-20(24)26-8-18(15)33-2)16(7-25-11)21(31)28-23-27-17-9-29(10-19(17)34-23)22(32)12-4-13(30)5-12/h11-20,23,25-27,30H,3-10H2,1-2H3,(H,28,31). The summed E-state index contributed by atoms with van der Waals surface area (Å²) in [5.41, 5.74) is -0.233. The molecule has 5 fully saturated rings. The Morgan fingerprint density at radius 3 is 2.62 bits per heavy atom. The lowest BCUT2D eigenvalue weighted by Gasteiger charge is -2.45. The van der Waals surface area contributed by atoms with Crippen LogP contribution in [0.5, 0.6) is 0 Å². The third kappa shape index (κ3) is 5.10. The molecular formula is C23H38ClN5O4S. The predicted octanol–water partition coefficient (Wildman–Crippen LogP) is -0.123. The van der Waals surface area contributed by atoms with Gasteiger partial charge in [-0.2, -0.15) is 0 Å². The number of carbonyl (C=O) groups excluding carboxylic acids is 2. The minimum absolute atomic E-state index is 0.0223. The van der Waals surface area contributed by atoms with Crippen LogP contribution < -0.4 is 21.3 Å². The zero-order valence-corrected chi connectivity index (χ0v) is 21.5. The molecule has 5 rings (SSSR count). The van der Waals surface area contributed by atoms with Gasteiger partial charge in [0.2, 0.25) is 11.8 Å². The lowest BCUT2D eigenvalue weighted by Crippen LogP contribution is -2.57. The number of nitrogens with zero attached hydrogens (tertiary/aromatic N) is 1. The van der Waals surface area contributed by atoms with Crippen molar-refractivity contribution >= 4 is 35.2 Å². The van der Waals surface area contributed by atoms with E-state index in [1.54, 1.807) is 18.9 Å². The van der Waals surface area contributed by atoms with E-state index in [4.69, 9.17) is 16.3 Å². The largest absolute Gasteiger partial charge is 0.393 e. The summed E-state index contributed by atoms with van der Waals surface area (Å²) in [6.07, 6.45) is 2.64. The summed E-state index contributed by atoms with van der Waals surface area (Å²) in [5.74, 6) is 0.534. The number of carbonyl (C=O) groups is 2. The summed E-state index contributed by atoms with van der Waals surface area (Å²) in [6.45, 7) is 4.91. The molecule has 9 atom stereocenters. The van der Waals surface area contributed by atoms with Gasteiger partial charge in [0.25, 0.3) is 0 Å². The summed E-state index contributed by atoms with van der Waals surface area (Å²) in [4.78, 5) is 28.0. The lowest BCUT2D eigenvalue weighted by atomic mass is 9.70. The van der Waals surface area contributed by atoms with Gasteiger partial charge in [-0.3, -0.25) is 20.2 Å². The van der Waals surface area contributed by atoms with Gasteiger partial charge in [0.1, 0.15) is 5.50 Å². The van der Waals surface area contributed by atoms with Crippen molar-refractivity contribution < 1.29 is 19.4 Å². The van der Waals surface area contributed by atoms with E-state index in [0.29, 0.717) is 45.1 Å². The monoisotopic (exact) mass is 515 g/mol. The number of piperidine rings is 2. The Bertz CT molecular complexity index is 760. The molecule has 0 spiro atoms. The molecule has 1 aliphatic carbocycles. The first kappa shape index (κ1) is 25.0. The molecule has 11 heteroatoms. The molecule has 0 aromatic rings. The fourth-order valence-corrected chi connectivity index (χ4v) is 8.20. The first-order valence-electron chi connectivity index (χ1n) is 12.6. The molecule has 4 saturated heterocycles. The number of likely N-dealkylation sites (tertiary alicyclic amines) is 1. The van der Waals surface area contributed by atoms with Crippen molar-refractivity contribution in [2.75, 3.05) is 33.3 Å². The van der Waals surface area contributed by atoms with Crippen LogP contribution >= 0.6 is 23.4 Å². The van der Waals surface area contributed by atoms with Crippen LogP contribution in [0.15, 0.2) is 0 Å². The molecule has 5 N–H and O–H groups in total. The molecule has 0 radical (unpaired) electrons. The van der Waals surface area contributed by atoms with Crippen molar-refractivity contribution in [3.63, 3.8) is 0 Å². The first-order valence-corrected chi connectivity index (χ1v) is 14.0. The van der Waals surface area contributed by atoms with E-state index in [0.717, 1.165) is 12.8 Å². The molecule has 1 saturated carbocycles. The van der Waals surface area contributed by atoms with Crippen LogP contribution in [-0.4, -0.2) is 95.7 Å². The van der Waals surface area contributed by atoms with Crippen LogP contribution in [0, 0.1) is 23.7 Å². The Labute approximate surface area is 210 Å². The van der Waals surface area contributed by atoms with E-state index >= 15 is 0 Å². The Kier molecular flexibility index (Phi) is 7.66. The predicted molar refractivity (Wildman–Crippen MR) is 131 cm³/mol. The van der Waals surface area contributed by atoms with Crippen molar-refractivity contribution in [1.82, 2.24) is 26.2 Å². The number of fused-ring (bicyclic) bond motifs is 1. The van der Waals surface area contributed by atoms with Gasteiger partial charge in [0, 0.05) is 56.5 Å². The zero-order chi connectivity index (χ0) is 24.0. The molecule has 192 valence electrons. The van der Waals surface area contributed by atoms with Gasteiger partial charge in [-0.15, -0.1) is 23.4 Å². The Morgan fingerprint density at radius 1 is 1.12 bits per heavy atom. The molecule has 34 heavy (non-hydrogen) atoms. The number of aliphatic hydroxyl groups excluding tert-OH is 1. The third-order valence-electron chi connectivity index (χ3n) is 8.51. The summed E-state index contributed by atoms with van der Waals surface area (Å²) in [6, 6.07) is 0.540. The highest BCUT2D eigenvalue weighted by molar-refractivity contribution is 8.00.